The van der Waals surface area contributed by atoms with Crippen molar-refractivity contribution in [3.05, 3.63) is 33.9 Å². The minimum Gasteiger partial charge on any atom is -0.483 e. The molecule has 1 heterocycles. The lowest BCUT2D eigenvalue weighted by Gasteiger charge is -2.23. The van der Waals surface area contributed by atoms with Gasteiger partial charge in [-0.15, -0.1) is 0 Å². The topological polar surface area (TPSA) is 81.6 Å². The van der Waals surface area contributed by atoms with Crippen molar-refractivity contribution in [2.24, 2.45) is 0 Å². The molecular weight excluding hydrogens is 301 g/mol. The highest BCUT2D eigenvalue weighted by molar-refractivity contribution is 5.80. The number of nitrogens with two attached hydrogens (primary N) is 1. The van der Waals surface area contributed by atoms with Crippen molar-refractivity contribution in [2.45, 2.75) is 24.9 Å². The molecule has 6 nitrogen and oxygen atoms in total. The highest BCUT2D eigenvalue weighted by Crippen LogP contribution is 2.44. The molecule has 7 heteroatoms. The molecule has 3 rings (SSSR count). The maximum absolute atomic E-state index is 13.9. The van der Waals surface area contributed by atoms with Gasteiger partial charge in [-0.3, -0.25) is 10.1 Å². The molecule has 0 bridgehead atoms. The van der Waals surface area contributed by atoms with Crippen LogP contribution in [0.2, 0.25) is 0 Å². The standard InChI is InChI=1S/C16H20FN3O3/c1-19-8-4-11(5-9-19)12-2-3-13(18)14(20(21)22)15(12)23-10-16(17)6-7-16/h2-4H,5-10,18H2,1H3. The van der Waals surface area contributed by atoms with Crippen LogP contribution in [-0.4, -0.2) is 42.2 Å². The minimum absolute atomic E-state index is 0.0333. The Morgan fingerprint density at radius 1 is 1.48 bits per heavy atom. The van der Waals surface area contributed by atoms with E-state index in [-0.39, 0.29) is 23.7 Å². The number of benzene rings is 1. The Hall–Kier alpha value is -2.15. The van der Waals surface area contributed by atoms with Crippen LogP contribution in [0.5, 0.6) is 5.75 Å². The highest BCUT2D eigenvalue weighted by Gasteiger charge is 2.45. The molecule has 0 aromatic heterocycles. The summed E-state index contributed by atoms with van der Waals surface area (Å²) in [4.78, 5) is 13.0. The molecule has 1 aliphatic heterocycles. The van der Waals surface area contributed by atoms with Crippen molar-refractivity contribution in [1.29, 1.82) is 0 Å². The van der Waals surface area contributed by atoms with E-state index in [1.54, 1.807) is 6.07 Å². The van der Waals surface area contributed by atoms with Crippen LogP contribution in [-0.2, 0) is 0 Å². The van der Waals surface area contributed by atoms with Gasteiger partial charge in [0.05, 0.1) is 4.92 Å². The predicted molar refractivity (Wildman–Crippen MR) is 86.2 cm³/mol. The summed E-state index contributed by atoms with van der Waals surface area (Å²) in [6.07, 6.45) is 3.65. The molecule has 2 N–H and O–H groups in total. The highest BCUT2D eigenvalue weighted by atomic mass is 19.1. The Morgan fingerprint density at radius 3 is 2.78 bits per heavy atom. The fourth-order valence-electron chi connectivity index (χ4n) is 2.67. The zero-order valence-electron chi connectivity index (χ0n) is 13.0. The zero-order chi connectivity index (χ0) is 16.6. The number of rotatable bonds is 5. The van der Waals surface area contributed by atoms with Gasteiger partial charge in [0.1, 0.15) is 18.0 Å². The lowest BCUT2D eigenvalue weighted by atomic mass is 9.97. The molecule has 2 aliphatic rings. The van der Waals surface area contributed by atoms with Crippen LogP contribution in [0.25, 0.3) is 5.57 Å². The molecule has 0 spiro atoms. The van der Waals surface area contributed by atoms with E-state index in [0.717, 1.165) is 25.1 Å². The van der Waals surface area contributed by atoms with Crippen molar-refractivity contribution < 1.29 is 14.1 Å². The van der Waals surface area contributed by atoms with Gasteiger partial charge in [0.2, 0.25) is 5.75 Å². The third-order valence-electron chi connectivity index (χ3n) is 4.37. The van der Waals surface area contributed by atoms with Gasteiger partial charge in [0.25, 0.3) is 0 Å². The van der Waals surface area contributed by atoms with Crippen LogP contribution < -0.4 is 10.5 Å². The van der Waals surface area contributed by atoms with Gasteiger partial charge in [0.15, 0.2) is 0 Å². The van der Waals surface area contributed by atoms with Crippen molar-refractivity contribution in [1.82, 2.24) is 4.90 Å². The Bertz CT molecular complexity index is 671. The van der Waals surface area contributed by atoms with Crippen molar-refractivity contribution in [2.75, 3.05) is 32.5 Å². The quantitative estimate of drug-likeness (QED) is 0.512. The second-order valence-corrected chi connectivity index (χ2v) is 6.32. The average molecular weight is 321 g/mol. The number of nitro groups is 1. The largest absolute Gasteiger partial charge is 0.483 e. The molecule has 0 atom stereocenters. The number of likely N-dealkylation sites (N-methyl/N-ethyl adjacent to an activating group) is 1. The van der Waals surface area contributed by atoms with Gasteiger partial charge < -0.3 is 15.4 Å². The second-order valence-electron chi connectivity index (χ2n) is 6.32. The molecule has 0 amide bonds. The molecule has 0 radical (unpaired) electrons. The average Bonchev–Trinajstić information content (AvgIpc) is 3.24. The van der Waals surface area contributed by atoms with Crippen LogP contribution in [0.15, 0.2) is 18.2 Å². The first-order valence-corrected chi connectivity index (χ1v) is 7.66. The molecule has 1 fully saturated rings. The van der Waals surface area contributed by atoms with E-state index in [4.69, 9.17) is 10.5 Å². The van der Waals surface area contributed by atoms with E-state index in [9.17, 15) is 14.5 Å². The van der Waals surface area contributed by atoms with Crippen molar-refractivity contribution >= 4 is 16.9 Å². The first kappa shape index (κ1) is 15.7. The van der Waals surface area contributed by atoms with Gasteiger partial charge in [-0.2, -0.15) is 0 Å². The number of nitrogen functional groups attached to an aromatic ring is 1. The van der Waals surface area contributed by atoms with Gasteiger partial charge in [-0.25, -0.2) is 4.39 Å². The summed E-state index contributed by atoms with van der Waals surface area (Å²) in [7, 11) is 2.01. The summed E-state index contributed by atoms with van der Waals surface area (Å²) in [5, 5.41) is 11.4. The van der Waals surface area contributed by atoms with Gasteiger partial charge in [-0.1, -0.05) is 6.08 Å². The summed E-state index contributed by atoms with van der Waals surface area (Å²) < 4.78 is 19.5. The molecule has 1 aliphatic carbocycles. The third-order valence-corrected chi connectivity index (χ3v) is 4.37. The van der Waals surface area contributed by atoms with E-state index in [0.29, 0.717) is 18.4 Å². The fourth-order valence-corrected chi connectivity index (χ4v) is 2.67. The van der Waals surface area contributed by atoms with Gasteiger partial charge in [-0.05, 0) is 44.0 Å². The number of nitro benzene ring substituents is 1. The first-order chi connectivity index (χ1) is 10.9. The number of hydrogen-bond donors (Lipinski definition) is 1. The summed E-state index contributed by atoms with van der Waals surface area (Å²) in [5.74, 6) is 0.0923. The summed E-state index contributed by atoms with van der Waals surface area (Å²) >= 11 is 0. The number of ether oxygens (including phenoxy) is 1. The summed E-state index contributed by atoms with van der Waals surface area (Å²) in [6.45, 7) is 1.45. The zero-order valence-corrected chi connectivity index (χ0v) is 13.0. The maximum Gasteiger partial charge on any atom is 0.334 e. The fraction of sp³-hybridized carbons (Fsp3) is 0.500. The van der Waals surface area contributed by atoms with E-state index < -0.39 is 10.6 Å². The molecule has 1 aromatic carbocycles. The van der Waals surface area contributed by atoms with Gasteiger partial charge in [0, 0.05) is 18.7 Å². The molecule has 124 valence electrons. The molecule has 23 heavy (non-hydrogen) atoms. The Kier molecular flexibility index (Phi) is 3.97. The van der Waals surface area contributed by atoms with E-state index in [1.807, 2.05) is 13.1 Å². The normalized spacial score (nSPS) is 20.0. The van der Waals surface area contributed by atoms with E-state index in [1.165, 1.54) is 6.07 Å². The Balaban J connectivity index is 2.00. The smallest absolute Gasteiger partial charge is 0.334 e. The SMILES string of the molecule is CN1CC=C(c2ccc(N)c([N+](=O)[O-])c2OCC2(F)CC2)CC1. The molecule has 0 unspecified atom stereocenters. The Labute approximate surface area is 133 Å². The lowest BCUT2D eigenvalue weighted by molar-refractivity contribution is -0.385. The van der Waals surface area contributed by atoms with E-state index >= 15 is 0 Å². The first-order valence-electron chi connectivity index (χ1n) is 7.66. The van der Waals surface area contributed by atoms with Crippen LogP contribution >= 0.6 is 0 Å². The molecule has 0 saturated heterocycles. The van der Waals surface area contributed by atoms with E-state index in [2.05, 4.69) is 4.90 Å². The van der Waals surface area contributed by atoms with Crippen LogP contribution in [0.1, 0.15) is 24.8 Å². The number of nitrogens with zero attached hydrogens (tertiary/aromatic N) is 2. The number of hydrogen-bond acceptors (Lipinski definition) is 5. The monoisotopic (exact) mass is 321 g/mol. The van der Waals surface area contributed by atoms with Crippen LogP contribution in [0.3, 0.4) is 0 Å². The molecule has 1 aromatic rings. The number of halogens is 1. The maximum atomic E-state index is 13.9. The lowest BCUT2D eigenvalue weighted by Crippen LogP contribution is -2.24. The Morgan fingerprint density at radius 2 is 2.22 bits per heavy atom. The third kappa shape index (κ3) is 3.29. The minimum atomic E-state index is -1.35. The molecule has 1 saturated carbocycles. The summed E-state index contributed by atoms with van der Waals surface area (Å²) in [6, 6.07) is 3.24. The number of alkyl halides is 1. The van der Waals surface area contributed by atoms with Crippen molar-refractivity contribution in [3.8, 4) is 5.75 Å². The predicted octanol–water partition coefficient (Wildman–Crippen LogP) is 2.78. The van der Waals surface area contributed by atoms with Crippen LogP contribution in [0, 0.1) is 10.1 Å². The molecular formula is C16H20FN3O3. The number of anilines is 1. The van der Waals surface area contributed by atoms with Gasteiger partial charge >= 0.3 is 5.69 Å². The summed E-state index contributed by atoms with van der Waals surface area (Å²) in [5.41, 5.74) is 5.78. The van der Waals surface area contributed by atoms with Crippen molar-refractivity contribution in [3.63, 3.8) is 0 Å². The van der Waals surface area contributed by atoms with Crippen LogP contribution in [0.4, 0.5) is 15.8 Å². The second kappa shape index (κ2) is 5.81.